The number of rotatable bonds is 6. The predicted octanol–water partition coefficient (Wildman–Crippen LogP) is 4.07. The molecule has 1 N–H and O–H groups in total. The van der Waals surface area contributed by atoms with Gasteiger partial charge >= 0.3 is 0 Å². The molecule has 2 aromatic rings. The summed E-state index contributed by atoms with van der Waals surface area (Å²) in [6.45, 7) is 4.53. The standard InChI is InChI=1S/C16H22N2O2S/c1-2-19-13-6-7-14-15(11-13)21-16(18-14)17-9-8-12-5-3-4-10-20-12/h6-7,11-12H,2-5,8-10H2,1H3,(H,17,18). The van der Waals surface area contributed by atoms with E-state index in [-0.39, 0.29) is 0 Å². The normalized spacial score (nSPS) is 18.8. The molecule has 0 saturated carbocycles. The highest BCUT2D eigenvalue weighted by Crippen LogP contribution is 2.29. The van der Waals surface area contributed by atoms with Crippen molar-refractivity contribution in [1.29, 1.82) is 0 Å². The summed E-state index contributed by atoms with van der Waals surface area (Å²) in [5, 5.41) is 4.40. The zero-order valence-electron chi connectivity index (χ0n) is 12.4. The Morgan fingerprint density at radius 1 is 1.43 bits per heavy atom. The maximum absolute atomic E-state index is 5.74. The van der Waals surface area contributed by atoms with Crippen LogP contribution in [0.3, 0.4) is 0 Å². The average Bonchev–Trinajstić information content (AvgIpc) is 2.91. The van der Waals surface area contributed by atoms with Gasteiger partial charge in [-0.25, -0.2) is 4.98 Å². The van der Waals surface area contributed by atoms with Gasteiger partial charge in [0.1, 0.15) is 5.75 Å². The summed E-state index contributed by atoms with van der Waals surface area (Å²) in [5.41, 5.74) is 1.03. The summed E-state index contributed by atoms with van der Waals surface area (Å²) in [5.74, 6) is 0.913. The van der Waals surface area contributed by atoms with Crippen LogP contribution in [0.2, 0.25) is 0 Å². The van der Waals surface area contributed by atoms with Gasteiger partial charge in [-0.3, -0.25) is 0 Å². The molecule has 1 aromatic heterocycles. The van der Waals surface area contributed by atoms with Gasteiger partial charge in [0.05, 0.1) is 22.9 Å². The zero-order chi connectivity index (χ0) is 14.5. The van der Waals surface area contributed by atoms with E-state index in [1.165, 1.54) is 19.3 Å². The van der Waals surface area contributed by atoms with Gasteiger partial charge in [0.2, 0.25) is 0 Å². The van der Waals surface area contributed by atoms with E-state index in [4.69, 9.17) is 9.47 Å². The molecule has 1 atom stereocenters. The van der Waals surface area contributed by atoms with Crippen molar-refractivity contribution in [1.82, 2.24) is 4.98 Å². The second kappa shape index (κ2) is 7.09. The molecule has 0 aliphatic carbocycles. The van der Waals surface area contributed by atoms with Crippen LogP contribution in [-0.4, -0.2) is 30.8 Å². The van der Waals surface area contributed by atoms with Crippen LogP contribution < -0.4 is 10.1 Å². The number of thiazole rings is 1. The number of benzene rings is 1. The molecule has 0 amide bonds. The minimum atomic E-state index is 0.421. The third-order valence-electron chi connectivity index (χ3n) is 3.69. The maximum Gasteiger partial charge on any atom is 0.183 e. The molecule has 2 heterocycles. The Labute approximate surface area is 129 Å². The van der Waals surface area contributed by atoms with Crippen molar-refractivity contribution in [3.05, 3.63) is 18.2 Å². The highest BCUT2D eigenvalue weighted by molar-refractivity contribution is 7.22. The highest BCUT2D eigenvalue weighted by Gasteiger charge is 2.13. The van der Waals surface area contributed by atoms with Crippen LogP contribution >= 0.6 is 11.3 Å². The first-order chi connectivity index (χ1) is 10.3. The number of nitrogens with one attached hydrogen (secondary N) is 1. The number of aromatic nitrogens is 1. The lowest BCUT2D eigenvalue weighted by molar-refractivity contribution is 0.0134. The fraction of sp³-hybridized carbons (Fsp3) is 0.562. The van der Waals surface area contributed by atoms with Gasteiger partial charge < -0.3 is 14.8 Å². The predicted molar refractivity (Wildman–Crippen MR) is 87.5 cm³/mol. The maximum atomic E-state index is 5.74. The summed E-state index contributed by atoms with van der Waals surface area (Å²) >= 11 is 1.68. The number of nitrogens with zero attached hydrogens (tertiary/aromatic N) is 1. The number of anilines is 1. The van der Waals surface area contributed by atoms with Crippen LogP contribution in [0.5, 0.6) is 5.75 Å². The molecular formula is C16H22N2O2S. The smallest absolute Gasteiger partial charge is 0.183 e. The van der Waals surface area contributed by atoms with E-state index >= 15 is 0 Å². The largest absolute Gasteiger partial charge is 0.494 e. The molecule has 0 bridgehead atoms. The molecule has 5 heteroatoms. The van der Waals surface area contributed by atoms with Gasteiger partial charge in [-0.1, -0.05) is 11.3 Å². The molecule has 3 rings (SSSR count). The van der Waals surface area contributed by atoms with Crippen LogP contribution in [0.25, 0.3) is 10.2 Å². The van der Waals surface area contributed by atoms with Crippen molar-refractivity contribution in [2.45, 2.75) is 38.7 Å². The molecule has 1 aliphatic heterocycles. The van der Waals surface area contributed by atoms with E-state index in [0.29, 0.717) is 12.7 Å². The fourth-order valence-electron chi connectivity index (χ4n) is 2.61. The van der Waals surface area contributed by atoms with Gasteiger partial charge in [0.25, 0.3) is 0 Å². The van der Waals surface area contributed by atoms with Crippen LogP contribution in [0.15, 0.2) is 18.2 Å². The van der Waals surface area contributed by atoms with Crippen LogP contribution in [-0.2, 0) is 4.74 Å². The second-order valence-electron chi connectivity index (χ2n) is 5.29. The van der Waals surface area contributed by atoms with Gasteiger partial charge in [-0.05, 0) is 50.8 Å². The quantitative estimate of drug-likeness (QED) is 0.874. The lowest BCUT2D eigenvalue weighted by Crippen LogP contribution is -2.21. The Kier molecular flexibility index (Phi) is 4.93. The van der Waals surface area contributed by atoms with Crippen molar-refractivity contribution in [2.24, 2.45) is 0 Å². The summed E-state index contributed by atoms with van der Waals surface area (Å²) in [6, 6.07) is 6.06. The molecule has 21 heavy (non-hydrogen) atoms. The van der Waals surface area contributed by atoms with E-state index in [0.717, 1.165) is 40.7 Å². The van der Waals surface area contributed by atoms with E-state index in [2.05, 4.69) is 16.4 Å². The molecule has 114 valence electrons. The SMILES string of the molecule is CCOc1ccc2nc(NCCC3CCCCO3)sc2c1. The Morgan fingerprint density at radius 3 is 3.19 bits per heavy atom. The zero-order valence-corrected chi connectivity index (χ0v) is 13.2. The lowest BCUT2D eigenvalue weighted by atomic mass is 10.1. The monoisotopic (exact) mass is 306 g/mol. The van der Waals surface area contributed by atoms with Gasteiger partial charge in [0, 0.05) is 13.2 Å². The topological polar surface area (TPSA) is 43.4 Å². The Bertz CT molecular complexity index is 579. The fourth-order valence-corrected chi connectivity index (χ4v) is 3.53. The molecule has 0 radical (unpaired) electrons. The lowest BCUT2D eigenvalue weighted by Gasteiger charge is -2.22. The van der Waals surface area contributed by atoms with Gasteiger partial charge in [-0.2, -0.15) is 0 Å². The van der Waals surface area contributed by atoms with Crippen molar-refractivity contribution in [3.8, 4) is 5.75 Å². The van der Waals surface area contributed by atoms with Gasteiger partial charge in [-0.15, -0.1) is 0 Å². The van der Waals surface area contributed by atoms with Crippen molar-refractivity contribution >= 4 is 26.7 Å². The molecule has 1 saturated heterocycles. The van der Waals surface area contributed by atoms with Gasteiger partial charge in [0.15, 0.2) is 5.13 Å². The molecule has 1 unspecified atom stereocenters. The number of ether oxygens (including phenoxy) is 2. The Morgan fingerprint density at radius 2 is 2.38 bits per heavy atom. The summed E-state index contributed by atoms with van der Waals surface area (Å²) in [7, 11) is 0. The first-order valence-corrected chi connectivity index (χ1v) is 8.55. The molecule has 1 fully saturated rings. The van der Waals surface area contributed by atoms with Crippen LogP contribution in [0.1, 0.15) is 32.6 Å². The molecule has 4 nitrogen and oxygen atoms in total. The molecule has 1 aromatic carbocycles. The number of fused-ring (bicyclic) bond motifs is 1. The van der Waals surface area contributed by atoms with Crippen LogP contribution in [0.4, 0.5) is 5.13 Å². The van der Waals surface area contributed by atoms with E-state index in [1.54, 1.807) is 11.3 Å². The molecule has 0 spiro atoms. The van der Waals surface area contributed by atoms with Crippen molar-refractivity contribution < 1.29 is 9.47 Å². The first kappa shape index (κ1) is 14.6. The van der Waals surface area contributed by atoms with E-state index in [9.17, 15) is 0 Å². The summed E-state index contributed by atoms with van der Waals surface area (Å²) in [6.07, 6.45) is 5.18. The summed E-state index contributed by atoms with van der Waals surface area (Å²) in [4.78, 5) is 4.61. The highest BCUT2D eigenvalue weighted by atomic mass is 32.1. The van der Waals surface area contributed by atoms with Crippen molar-refractivity contribution in [2.75, 3.05) is 25.1 Å². The third-order valence-corrected chi connectivity index (χ3v) is 4.66. The molecule has 1 aliphatic rings. The Balaban J connectivity index is 1.56. The second-order valence-corrected chi connectivity index (χ2v) is 6.32. The number of hydrogen-bond acceptors (Lipinski definition) is 5. The van der Waals surface area contributed by atoms with Crippen LogP contribution in [0, 0.1) is 0 Å². The average molecular weight is 306 g/mol. The third kappa shape index (κ3) is 3.86. The summed E-state index contributed by atoms with van der Waals surface area (Å²) < 4.78 is 12.4. The van der Waals surface area contributed by atoms with Crippen molar-refractivity contribution in [3.63, 3.8) is 0 Å². The number of hydrogen-bond donors (Lipinski definition) is 1. The van der Waals surface area contributed by atoms with E-state index in [1.807, 2.05) is 19.1 Å². The minimum Gasteiger partial charge on any atom is -0.494 e. The minimum absolute atomic E-state index is 0.421. The van der Waals surface area contributed by atoms with E-state index < -0.39 is 0 Å². The first-order valence-electron chi connectivity index (χ1n) is 7.74. The Hall–Kier alpha value is -1.33. The molecular weight excluding hydrogens is 284 g/mol.